The van der Waals surface area contributed by atoms with E-state index in [1.807, 2.05) is 19.2 Å². The van der Waals surface area contributed by atoms with Gasteiger partial charge in [0.1, 0.15) is 0 Å². The number of primary amides is 1. The molecule has 2 rings (SSSR count). The number of nitrogens with one attached hydrogen (secondary N) is 1. The van der Waals surface area contributed by atoms with Crippen LogP contribution < -0.4 is 11.1 Å². The van der Waals surface area contributed by atoms with Gasteiger partial charge in [-0.2, -0.15) is 5.10 Å². The van der Waals surface area contributed by atoms with Crippen LogP contribution in [0.4, 0.5) is 5.69 Å². The quantitative estimate of drug-likeness (QED) is 0.827. The maximum atomic E-state index is 11.0. The first kappa shape index (κ1) is 11.2. The molecule has 1 amide bonds. The minimum Gasteiger partial charge on any atom is -0.379 e. The van der Waals surface area contributed by atoms with Crippen LogP contribution in [-0.2, 0) is 13.6 Å². The Morgan fingerprint density at radius 2 is 2.29 bits per heavy atom. The first-order chi connectivity index (χ1) is 8.16. The third kappa shape index (κ3) is 2.63. The van der Waals surface area contributed by atoms with E-state index in [-0.39, 0.29) is 0 Å². The SMILES string of the molecule is Cn1nccc1CNc1cccc(C(N)=O)c1. The summed E-state index contributed by atoms with van der Waals surface area (Å²) in [6.45, 7) is 0.652. The molecule has 1 heterocycles. The number of carbonyl (C=O) groups excluding carboxylic acids is 1. The second-order valence-electron chi connectivity index (χ2n) is 3.74. The van der Waals surface area contributed by atoms with Crippen molar-refractivity contribution in [2.24, 2.45) is 12.8 Å². The summed E-state index contributed by atoms with van der Waals surface area (Å²) in [6, 6.07) is 9.05. The normalized spacial score (nSPS) is 10.2. The van der Waals surface area contributed by atoms with Crippen molar-refractivity contribution in [2.45, 2.75) is 6.54 Å². The van der Waals surface area contributed by atoms with Crippen LogP contribution in [0.3, 0.4) is 0 Å². The number of amides is 1. The highest BCUT2D eigenvalue weighted by Crippen LogP contribution is 2.11. The molecule has 0 spiro atoms. The summed E-state index contributed by atoms with van der Waals surface area (Å²) in [7, 11) is 1.89. The summed E-state index contributed by atoms with van der Waals surface area (Å²) in [4.78, 5) is 11.0. The van der Waals surface area contributed by atoms with Gasteiger partial charge in [0, 0.05) is 24.5 Å². The average molecular weight is 230 g/mol. The number of anilines is 1. The van der Waals surface area contributed by atoms with Gasteiger partial charge in [-0.1, -0.05) is 6.07 Å². The van der Waals surface area contributed by atoms with Gasteiger partial charge < -0.3 is 11.1 Å². The molecule has 0 fully saturated rings. The molecule has 5 heteroatoms. The van der Waals surface area contributed by atoms with Gasteiger partial charge in [-0.05, 0) is 24.3 Å². The van der Waals surface area contributed by atoms with Gasteiger partial charge in [0.2, 0.25) is 5.91 Å². The van der Waals surface area contributed by atoms with Gasteiger partial charge in [-0.25, -0.2) is 0 Å². The van der Waals surface area contributed by atoms with E-state index in [9.17, 15) is 4.79 Å². The lowest BCUT2D eigenvalue weighted by atomic mass is 10.2. The lowest BCUT2D eigenvalue weighted by molar-refractivity contribution is 0.100. The van der Waals surface area contributed by atoms with Crippen molar-refractivity contribution < 1.29 is 4.79 Å². The Morgan fingerprint density at radius 3 is 2.94 bits per heavy atom. The van der Waals surface area contributed by atoms with Gasteiger partial charge in [0.15, 0.2) is 0 Å². The van der Waals surface area contributed by atoms with Gasteiger partial charge in [0.25, 0.3) is 0 Å². The van der Waals surface area contributed by atoms with Crippen molar-refractivity contribution in [3.8, 4) is 0 Å². The van der Waals surface area contributed by atoms with Crippen LogP contribution in [0.2, 0.25) is 0 Å². The number of benzene rings is 1. The Kier molecular flexibility index (Phi) is 3.09. The first-order valence-corrected chi connectivity index (χ1v) is 5.27. The summed E-state index contributed by atoms with van der Waals surface area (Å²) < 4.78 is 1.80. The highest BCUT2D eigenvalue weighted by molar-refractivity contribution is 5.93. The zero-order valence-corrected chi connectivity index (χ0v) is 9.55. The predicted octanol–water partition coefficient (Wildman–Crippen LogP) is 1.13. The summed E-state index contributed by atoms with van der Waals surface area (Å²) in [5, 5.41) is 7.29. The van der Waals surface area contributed by atoms with Gasteiger partial charge in [0.05, 0.1) is 12.2 Å². The largest absolute Gasteiger partial charge is 0.379 e. The number of nitrogens with two attached hydrogens (primary N) is 1. The number of rotatable bonds is 4. The van der Waals surface area contributed by atoms with E-state index in [1.165, 1.54) is 0 Å². The lowest BCUT2D eigenvalue weighted by Crippen LogP contribution is -2.11. The Balaban J connectivity index is 2.07. The highest BCUT2D eigenvalue weighted by Gasteiger charge is 2.02. The number of hydrogen-bond donors (Lipinski definition) is 2. The average Bonchev–Trinajstić information content (AvgIpc) is 2.72. The van der Waals surface area contributed by atoms with Crippen molar-refractivity contribution in [1.29, 1.82) is 0 Å². The van der Waals surface area contributed by atoms with Crippen molar-refractivity contribution in [3.05, 3.63) is 47.8 Å². The van der Waals surface area contributed by atoms with Crippen LogP contribution in [0.15, 0.2) is 36.5 Å². The predicted molar refractivity (Wildman–Crippen MR) is 65.5 cm³/mol. The molecule has 88 valence electrons. The maximum absolute atomic E-state index is 11.0. The molecule has 2 aromatic rings. The fraction of sp³-hybridized carbons (Fsp3) is 0.167. The number of aromatic nitrogens is 2. The van der Waals surface area contributed by atoms with Gasteiger partial charge in [-0.3, -0.25) is 9.48 Å². The molecule has 0 saturated heterocycles. The molecule has 0 saturated carbocycles. The van der Waals surface area contributed by atoms with E-state index in [0.717, 1.165) is 11.4 Å². The van der Waals surface area contributed by atoms with Crippen LogP contribution in [0, 0.1) is 0 Å². The maximum Gasteiger partial charge on any atom is 0.248 e. The number of nitrogens with zero attached hydrogens (tertiary/aromatic N) is 2. The minimum absolute atomic E-state index is 0.422. The molecule has 0 bridgehead atoms. The van der Waals surface area contributed by atoms with E-state index in [0.29, 0.717) is 12.1 Å². The molecule has 0 aliphatic carbocycles. The molecule has 0 radical (unpaired) electrons. The summed E-state index contributed by atoms with van der Waals surface area (Å²) in [5.74, 6) is -0.422. The molecule has 1 aromatic heterocycles. The Morgan fingerprint density at radius 1 is 1.47 bits per heavy atom. The van der Waals surface area contributed by atoms with Crippen molar-refractivity contribution in [3.63, 3.8) is 0 Å². The Bertz CT molecular complexity index is 533. The molecule has 5 nitrogen and oxygen atoms in total. The van der Waals surface area contributed by atoms with Crippen LogP contribution >= 0.6 is 0 Å². The fourth-order valence-corrected chi connectivity index (χ4v) is 1.55. The topological polar surface area (TPSA) is 72.9 Å². The van der Waals surface area contributed by atoms with Crippen LogP contribution in [0.25, 0.3) is 0 Å². The number of carbonyl (C=O) groups is 1. The molecule has 1 aromatic carbocycles. The second-order valence-corrected chi connectivity index (χ2v) is 3.74. The molecule has 17 heavy (non-hydrogen) atoms. The molecule has 3 N–H and O–H groups in total. The van der Waals surface area contributed by atoms with Crippen LogP contribution in [0.1, 0.15) is 16.1 Å². The van der Waals surface area contributed by atoms with Crippen LogP contribution in [0.5, 0.6) is 0 Å². The van der Waals surface area contributed by atoms with Crippen LogP contribution in [-0.4, -0.2) is 15.7 Å². The second kappa shape index (κ2) is 4.69. The van der Waals surface area contributed by atoms with Gasteiger partial charge >= 0.3 is 0 Å². The fourth-order valence-electron chi connectivity index (χ4n) is 1.55. The third-order valence-electron chi connectivity index (χ3n) is 2.54. The van der Waals surface area contributed by atoms with E-state index in [2.05, 4.69) is 10.4 Å². The zero-order chi connectivity index (χ0) is 12.3. The first-order valence-electron chi connectivity index (χ1n) is 5.27. The van der Waals surface area contributed by atoms with Crippen molar-refractivity contribution >= 4 is 11.6 Å². The van der Waals surface area contributed by atoms with E-state index in [1.54, 1.807) is 29.1 Å². The molecule has 0 unspecified atom stereocenters. The molecule has 0 aliphatic heterocycles. The van der Waals surface area contributed by atoms with E-state index < -0.39 is 5.91 Å². The smallest absolute Gasteiger partial charge is 0.248 e. The standard InChI is InChI=1S/C12H14N4O/c1-16-11(5-6-15-16)8-14-10-4-2-3-9(7-10)12(13)17/h2-7,14H,8H2,1H3,(H2,13,17). The third-order valence-corrected chi connectivity index (χ3v) is 2.54. The Labute approximate surface area is 99.2 Å². The summed E-state index contributed by atoms with van der Waals surface area (Å²) in [6.07, 6.45) is 1.75. The molecular formula is C12H14N4O. The summed E-state index contributed by atoms with van der Waals surface area (Å²) in [5.41, 5.74) is 7.64. The zero-order valence-electron chi connectivity index (χ0n) is 9.55. The molecule has 0 aliphatic rings. The van der Waals surface area contributed by atoms with Crippen molar-refractivity contribution in [2.75, 3.05) is 5.32 Å². The minimum atomic E-state index is -0.422. The highest BCUT2D eigenvalue weighted by atomic mass is 16.1. The molecule has 0 atom stereocenters. The van der Waals surface area contributed by atoms with E-state index >= 15 is 0 Å². The van der Waals surface area contributed by atoms with E-state index in [4.69, 9.17) is 5.73 Å². The lowest BCUT2D eigenvalue weighted by Gasteiger charge is -2.07. The summed E-state index contributed by atoms with van der Waals surface area (Å²) >= 11 is 0. The molecular weight excluding hydrogens is 216 g/mol. The number of aryl methyl sites for hydroxylation is 1. The Hall–Kier alpha value is -2.30. The van der Waals surface area contributed by atoms with Crippen molar-refractivity contribution in [1.82, 2.24) is 9.78 Å². The monoisotopic (exact) mass is 230 g/mol. The van der Waals surface area contributed by atoms with Gasteiger partial charge in [-0.15, -0.1) is 0 Å². The number of hydrogen-bond acceptors (Lipinski definition) is 3.